The van der Waals surface area contributed by atoms with Crippen LogP contribution in [0.4, 0.5) is 0 Å². The third-order valence-electron chi connectivity index (χ3n) is 2.50. The fraction of sp³-hybridized carbons (Fsp3) is 0.429. The van der Waals surface area contributed by atoms with Crippen molar-refractivity contribution in [3.63, 3.8) is 0 Å². The predicted molar refractivity (Wildman–Crippen MR) is 78.9 cm³/mol. The quantitative estimate of drug-likeness (QED) is 0.834. The SMILES string of the molecule is CC(C)(C)C(=O)NCCNC(=O)c1ccccc1Br. The molecule has 0 unspecified atom stereocenters. The number of carbonyl (C=O) groups excluding carboxylic acids is 2. The van der Waals surface area contributed by atoms with Crippen molar-refractivity contribution in [1.29, 1.82) is 0 Å². The molecule has 1 aromatic rings. The van der Waals surface area contributed by atoms with Crippen LogP contribution in [0.5, 0.6) is 0 Å². The highest BCUT2D eigenvalue weighted by Crippen LogP contribution is 2.15. The van der Waals surface area contributed by atoms with Crippen LogP contribution < -0.4 is 10.6 Å². The molecule has 0 aliphatic heterocycles. The minimum Gasteiger partial charge on any atom is -0.354 e. The standard InChI is InChI=1S/C14H19BrN2O2/c1-14(2,3)13(19)17-9-8-16-12(18)10-6-4-5-7-11(10)15/h4-7H,8-9H2,1-3H3,(H,16,18)(H,17,19). The third-order valence-corrected chi connectivity index (χ3v) is 3.19. The van der Waals surface area contributed by atoms with Gasteiger partial charge in [0.05, 0.1) is 5.56 Å². The van der Waals surface area contributed by atoms with Crippen molar-refractivity contribution < 1.29 is 9.59 Å². The van der Waals surface area contributed by atoms with Crippen LogP contribution in [0, 0.1) is 5.41 Å². The van der Waals surface area contributed by atoms with Gasteiger partial charge >= 0.3 is 0 Å². The molecule has 0 saturated heterocycles. The van der Waals surface area contributed by atoms with E-state index in [0.29, 0.717) is 18.7 Å². The Morgan fingerprint density at radius 3 is 2.26 bits per heavy atom. The summed E-state index contributed by atoms with van der Waals surface area (Å²) in [6.45, 7) is 6.38. The number of hydrogen-bond donors (Lipinski definition) is 2. The van der Waals surface area contributed by atoms with Crippen molar-refractivity contribution in [3.05, 3.63) is 34.3 Å². The Morgan fingerprint density at radius 2 is 1.68 bits per heavy atom. The van der Waals surface area contributed by atoms with Gasteiger partial charge in [0.1, 0.15) is 0 Å². The van der Waals surface area contributed by atoms with Crippen LogP contribution >= 0.6 is 15.9 Å². The number of carbonyl (C=O) groups is 2. The summed E-state index contributed by atoms with van der Waals surface area (Å²) in [5.41, 5.74) is 0.177. The molecule has 1 aromatic carbocycles. The number of halogens is 1. The van der Waals surface area contributed by atoms with E-state index in [1.807, 2.05) is 32.9 Å². The Bertz CT molecular complexity index is 467. The van der Waals surface area contributed by atoms with Gasteiger partial charge in [-0.05, 0) is 28.1 Å². The van der Waals surface area contributed by atoms with Crippen LogP contribution in [-0.2, 0) is 4.79 Å². The van der Waals surface area contributed by atoms with Gasteiger partial charge in [-0.3, -0.25) is 9.59 Å². The van der Waals surface area contributed by atoms with E-state index in [1.165, 1.54) is 0 Å². The van der Waals surface area contributed by atoms with Gasteiger partial charge in [0.25, 0.3) is 5.91 Å². The van der Waals surface area contributed by atoms with E-state index in [0.717, 1.165) is 4.47 Å². The number of hydrogen-bond acceptors (Lipinski definition) is 2. The lowest BCUT2D eigenvalue weighted by atomic mass is 9.96. The Labute approximate surface area is 122 Å². The van der Waals surface area contributed by atoms with Gasteiger partial charge < -0.3 is 10.6 Å². The second kappa shape index (κ2) is 6.70. The Kier molecular flexibility index (Phi) is 5.54. The van der Waals surface area contributed by atoms with Crippen molar-refractivity contribution >= 4 is 27.7 Å². The van der Waals surface area contributed by atoms with Gasteiger partial charge in [0.15, 0.2) is 0 Å². The Balaban J connectivity index is 2.37. The zero-order valence-corrected chi connectivity index (χ0v) is 13.0. The number of benzene rings is 1. The van der Waals surface area contributed by atoms with E-state index < -0.39 is 5.41 Å². The maximum Gasteiger partial charge on any atom is 0.252 e. The molecule has 0 spiro atoms. The summed E-state index contributed by atoms with van der Waals surface area (Å²) in [5.74, 6) is -0.180. The first-order valence-electron chi connectivity index (χ1n) is 6.13. The second-order valence-electron chi connectivity index (χ2n) is 5.24. The molecule has 0 saturated carbocycles. The molecule has 0 aliphatic rings. The maximum absolute atomic E-state index is 11.9. The zero-order chi connectivity index (χ0) is 14.5. The molecular formula is C14H19BrN2O2. The van der Waals surface area contributed by atoms with Crippen LogP contribution in [0.3, 0.4) is 0 Å². The molecule has 2 N–H and O–H groups in total. The molecule has 0 aromatic heterocycles. The van der Waals surface area contributed by atoms with E-state index in [1.54, 1.807) is 12.1 Å². The van der Waals surface area contributed by atoms with Gasteiger partial charge in [-0.2, -0.15) is 0 Å². The van der Waals surface area contributed by atoms with Gasteiger partial charge in [-0.25, -0.2) is 0 Å². The average Bonchev–Trinajstić information content (AvgIpc) is 2.33. The highest BCUT2D eigenvalue weighted by atomic mass is 79.9. The smallest absolute Gasteiger partial charge is 0.252 e. The Morgan fingerprint density at radius 1 is 1.11 bits per heavy atom. The van der Waals surface area contributed by atoms with Crippen LogP contribution in [-0.4, -0.2) is 24.9 Å². The van der Waals surface area contributed by atoms with Crippen LogP contribution in [0.2, 0.25) is 0 Å². The molecule has 0 radical (unpaired) electrons. The zero-order valence-electron chi connectivity index (χ0n) is 11.4. The largest absolute Gasteiger partial charge is 0.354 e. The van der Waals surface area contributed by atoms with Gasteiger partial charge in [0, 0.05) is 23.0 Å². The molecule has 2 amide bonds. The van der Waals surface area contributed by atoms with E-state index in [-0.39, 0.29) is 11.8 Å². The number of amides is 2. The molecule has 104 valence electrons. The van der Waals surface area contributed by atoms with E-state index >= 15 is 0 Å². The summed E-state index contributed by atoms with van der Waals surface area (Å²) in [7, 11) is 0. The minimum atomic E-state index is -0.410. The Hall–Kier alpha value is -1.36. The predicted octanol–water partition coefficient (Wildman–Crippen LogP) is 2.34. The lowest BCUT2D eigenvalue weighted by Gasteiger charge is -2.17. The summed E-state index contributed by atoms with van der Waals surface area (Å²) in [4.78, 5) is 23.5. The lowest BCUT2D eigenvalue weighted by molar-refractivity contribution is -0.128. The van der Waals surface area contributed by atoms with Crippen LogP contribution in [0.15, 0.2) is 28.7 Å². The molecule has 19 heavy (non-hydrogen) atoms. The van der Waals surface area contributed by atoms with Crippen molar-refractivity contribution in [2.24, 2.45) is 5.41 Å². The van der Waals surface area contributed by atoms with Crippen molar-refractivity contribution in [3.8, 4) is 0 Å². The maximum atomic E-state index is 11.9. The number of nitrogens with one attached hydrogen (secondary N) is 2. The monoisotopic (exact) mass is 326 g/mol. The van der Waals surface area contributed by atoms with E-state index in [9.17, 15) is 9.59 Å². The highest BCUT2D eigenvalue weighted by Gasteiger charge is 2.20. The molecular weight excluding hydrogens is 308 g/mol. The molecule has 0 atom stereocenters. The fourth-order valence-corrected chi connectivity index (χ4v) is 1.82. The van der Waals surface area contributed by atoms with Crippen LogP contribution in [0.25, 0.3) is 0 Å². The molecule has 1 rings (SSSR count). The summed E-state index contributed by atoms with van der Waals surface area (Å²) < 4.78 is 0.756. The normalized spacial score (nSPS) is 10.9. The summed E-state index contributed by atoms with van der Waals surface area (Å²) >= 11 is 3.32. The molecule has 4 nitrogen and oxygen atoms in total. The van der Waals surface area contributed by atoms with Gasteiger partial charge in [0.2, 0.25) is 5.91 Å². The molecule has 0 fully saturated rings. The fourth-order valence-electron chi connectivity index (χ4n) is 1.36. The summed E-state index contributed by atoms with van der Waals surface area (Å²) in [5, 5.41) is 5.54. The first-order valence-corrected chi connectivity index (χ1v) is 6.92. The van der Waals surface area contributed by atoms with Crippen molar-refractivity contribution in [1.82, 2.24) is 10.6 Å². The molecule has 0 bridgehead atoms. The summed E-state index contributed by atoms with van der Waals surface area (Å²) in [6.07, 6.45) is 0. The molecule has 5 heteroatoms. The molecule has 0 aliphatic carbocycles. The third kappa shape index (κ3) is 5.03. The lowest BCUT2D eigenvalue weighted by Crippen LogP contribution is -2.39. The topological polar surface area (TPSA) is 58.2 Å². The molecule has 0 heterocycles. The first-order chi connectivity index (χ1) is 8.82. The van der Waals surface area contributed by atoms with Crippen molar-refractivity contribution in [2.75, 3.05) is 13.1 Å². The van der Waals surface area contributed by atoms with Gasteiger partial charge in [-0.15, -0.1) is 0 Å². The highest BCUT2D eigenvalue weighted by molar-refractivity contribution is 9.10. The van der Waals surface area contributed by atoms with E-state index in [2.05, 4.69) is 26.6 Å². The minimum absolute atomic E-state index is 0.0253. The summed E-state index contributed by atoms with van der Waals surface area (Å²) in [6, 6.07) is 7.22. The average molecular weight is 327 g/mol. The van der Waals surface area contributed by atoms with Gasteiger partial charge in [-0.1, -0.05) is 32.9 Å². The first kappa shape index (κ1) is 15.7. The van der Waals surface area contributed by atoms with Crippen molar-refractivity contribution in [2.45, 2.75) is 20.8 Å². The second-order valence-corrected chi connectivity index (χ2v) is 6.10. The van der Waals surface area contributed by atoms with Crippen LogP contribution in [0.1, 0.15) is 31.1 Å². The number of rotatable bonds is 4. The van der Waals surface area contributed by atoms with E-state index in [4.69, 9.17) is 0 Å².